The molecule has 0 radical (unpaired) electrons. The van der Waals surface area contributed by atoms with Crippen LogP contribution >= 0.6 is 23.7 Å². The van der Waals surface area contributed by atoms with Crippen LogP contribution in [0, 0.1) is 5.82 Å². The van der Waals surface area contributed by atoms with Crippen LogP contribution in [0.15, 0.2) is 36.4 Å². The number of nitrogens with two attached hydrogens (primary N) is 1. The van der Waals surface area contributed by atoms with E-state index in [1.54, 1.807) is 18.1 Å². The van der Waals surface area contributed by atoms with E-state index in [0.717, 1.165) is 28.8 Å². The van der Waals surface area contributed by atoms with Gasteiger partial charge in [-0.05, 0) is 42.7 Å². The van der Waals surface area contributed by atoms with E-state index >= 15 is 0 Å². The molecule has 27 heavy (non-hydrogen) atoms. The van der Waals surface area contributed by atoms with Crippen molar-refractivity contribution in [3.63, 3.8) is 0 Å². The summed E-state index contributed by atoms with van der Waals surface area (Å²) in [5.74, 6) is -0.447. The first-order chi connectivity index (χ1) is 12.6. The fourth-order valence-electron chi connectivity index (χ4n) is 3.61. The van der Waals surface area contributed by atoms with E-state index in [9.17, 15) is 9.18 Å². The molecule has 2 aromatic carbocycles. The molecule has 3 aromatic rings. The lowest BCUT2D eigenvalue weighted by Gasteiger charge is -2.30. The maximum atomic E-state index is 14.4. The van der Waals surface area contributed by atoms with Gasteiger partial charge in [0.1, 0.15) is 5.82 Å². The highest BCUT2D eigenvalue weighted by molar-refractivity contribution is 7.21. The number of nitrogen functional groups attached to an aromatic ring is 1. The summed E-state index contributed by atoms with van der Waals surface area (Å²) in [4.78, 5) is 15.7. The van der Waals surface area contributed by atoms with Gasteiger partial charge in [-0.1, -0.05) is 12.1 Å². The molecule has 4 nitrogen and oxygen atoms in total. The van der Waals surface area contributed by atoms with Crippen molar-refractivity contribution in [1.82, 2.24) is 0 Å². The molecule has 0 spiro atoms. The Kier molecular flexibility index (Phi) is 5.69. The van der Waals surface area contributed by atoms with E-state index < -0.39 is 0 Å². The number of anilines is 2. The molecule has 1 amide bonds. The van der Waals surface area contributed by atoms with Crippen molar-refractivity contribution < 1.29 is 13.9 Å². The van der Waals surface area contributed by atoms with Crippen LogP contribution in [-0.2, 0) is 17.8 Å². The Hall–Kier alpha value is -2.15. The Morgan fingerprint density at radius 1 is 1.30 bits per heavy atom. The van der Waals surface area contributed by atoms with Crippen molar-refractivity contribution in [2.75, 3.05) is 24.3 Å². The molecule has 142 valence electrons. The summed E-state index contributed by atoms with van der Waals surface area (Å²) in [5, 5.41) is 0.479. The molecule has 2 N–H and O–H groups in total. The van der Waals surface area contributed by atoms with Crippen LogP contribution in [0.1, 0.15) is 27.2 Å². The van der Waals surface area contributed by atoms with Crippen molar-refractivity contribution in [3.8, 4) is 0 Å². The second-order valence-corrected chi connectivity index (χ2v) is 7.41. The SMILES string of the molecule is COCc1c(C(=O)N2CCCc3c(N)cccc32)sc2cccc(F)c12.Cl. The fourth-order valence-corrected chi connectivity index (χ4v) is 4.78. The molecule has 0 saturated carbocycles. The molecule has 1 aliphatic heterocycles. The molecule has 0 saturated heterocycles. The number of ether oxygens (including phenoxy) is 1. The van der Waals surface area contributed by atoms with E-state index in [1.165, 1.54) is 17.4 Å². The van der Waals surface area contributed by atoms with Gasteiger partial charge in [0, 0.05) is 40.7 Å². The lowest BCUT2D eigenvalue weighted by atomic mass is 9.99. The fraction of sp³-hybridized carbons (Fsp3) is 0.250. The smallest absolute Gasteiger partial charge is 0.268 e. The van der Waals surface area contributed by atoms with Crippen molar-refractivity contribution in [2.24, 2.45) is 0 Å². The molecule has 0 bridgehead atoms. The van der Waals surface area contributed by atoms with Crippen molar-refractivity contribution in [1.29, 1.82) is 0 Å². The number of thiophene rings is 1. The largest absolute Gasteiger partial charge is 0.398 e. The van der Waals surface area contributed by atoms with Crippen molar-refractivity contribution >= 4 is 51.1 Å². The van der Waals surface area contributed by atoms with E-state index in [0.29, 0.717) is 28.1 Å². The van der Waals surface area contributed by atoms with Gasteiger partial charge in [-0.25, -0.2) is 4.39 Å². The van der Waals surface area contributed by atoms with Gasteiger partial charge in [0.2, 0.25) is 0 Å². The normalized spacial score (nSPS) is 13.3. The Morgan fingerprint density at radius 3 is 2.85 bits per heavy atom. The highest BCUT2D eigenvalue weighted by atomic mass is 35.5. The number of hydrogen-bond acceptors (Lipinski definition) is 4. The van der Waals surface area contributed by atoms with Crippen LogP contribution in [0.5, 0.6) is 0 Å². The minimum atomic E-state index is -0.326. The lowest BCUT2D eigenvalue weighted by Crippen LogP contribution is -2.35. The van der Waals surface area contributed by atoms with Crippen molar-refractivity contribution in [3.05, 3.63) is 58.2 Å². The predicted molar refractivity (Wildman–Crippen MR) is 111 cm³/mol. The minimum Gasteiger partial charge on any atom is -0.398 e. The maximum absolute atomic E-state index is 14.4. The first-order valence-corrected chi connectivity index (χ1v) is 9.31. The molecule has 0 atom stereocenters. The van der Waals surface area contributed by atoms with E-state index in [1.807, 2.05) is 24.3 Å². The second kappa shape index (κ2) is 7.84. The molecule has 0 fully saturated rings. The predicted octanol–water partition coefficient (Wildman–Crippen LogP) is 4.78. The zero-order valence-electron chi connectivity index (χ0n) is 14.8. The summed E-state index contributed by atoms with van der Waals surface area (Å²) in [6, 6.07) is 10.6. The first kappa shape index (κ1) is 19.6. The number of carbonyl (C=O) groups excluding carboxylic acids is 1. The Balaban J connectivity index is 0.00000210. The number of benzene rings is 2. The summed E-state index contributed by atoms with van der Waals surface area (Å²) in [7, 11) is 1.55. The van der Waals surface area contributed by atoms with E-state index in [-0.39, 0.29) is 30.7 Å². The molecule has 2 heterocycles. The van der Waals surface area contributed by atoms with Gasteiger partial charge in [0.05, 0.1) is 11.5 Å². The Bertz CT molecular complexity index is 1010. The van der Waals surface area contributed by atoms with Crippen LogP contribution in [0.3, 0.4) is 0 Å². The van der Waals surface area contributed by atoms with E-state index in [4.69, 9.17) is 10.5 Å². The van der Waals surface area contributed by atoms with Gasteiger partial charge in [-0.3, -0.25) is 4.79 Å². The zero-order valence-corrected chi connectivity index (χ0v) is 16.5. The molecule has 4 rings (SSSR count). The van der Waals surface area contributed by atoms with Gasteiger partial charge < -0.3 is 15.4 Å². The number of fused-ring (bicyclic) bond motifs is 2. The number of nitrogens with zero attached hydrogens (tertiary/aromatic N) is 1. The van der Waals surface area contributed by atoms with Crippen molar-refractivity contribution in [2.45, 2.75) is 19.4 Å². The van der Waals surface area contributed by atoms with Crippen LogP contribution in [0.4, 0.5) is 15.8 Å². The topological polar surface area (TPSA) is 55.6 Å². The highest BCUT2D eigenvalue weighted by Gasteiger charge is 2.29. The van der Waals surface area contributed by atoms with Gasteiger partial charge in [0.25, 0.3) is 5.91 Å². The summed E-state index contributed by atoms with van der Waals surface area (Å²) in [5.41, 5.74) is 9.28. The third kappa shape index (κ3) is 3.29. The third-order valence-corrected chi connectivity index (χ3v) is 5.96. The van der Waals surface area contributed by atoms with Gasteiger partial charge >= 0.3 is 0 Å². The molecular weight excluding hydrogens is 387 g/mol. The molecule has 7 heteroatoms. The monoisotopic (exact) mass is 406 g/mol. The van der Waals surface area contributed by atoms with Gasteiger partial charge in [-0.2, -0.15) is 0 Å². The Morgan fingerprint density at radius 2 is 2.07 bits per heavy atom. The first-order valence-electron chi connectivity index (χ1n) is 8.50. The number of halogens is 2. The molecule has 1 aromatic heterocycles. The van der Waals surface area contributed by atoms with Crippen LogP contribution in [0.25, 0.3) is 10.1 Å². The average Bonchev–Trinajstić information content (AvgIpc) is 3.01. The third-order valence-electron chi connectivity index (χ3n) is 4.78. The molecule has 0 unspecified atom stereocenters. The quantitative estimate of drug-likeness (QED) is 0.636. The van der Waals surface area contributed by atoms with E-state index in [2.05, 4.69) is 0 Å². The van der Waals surface area contributed by atoms with Crippen LogP contribution in [0.2, 0.25) is 0 Å². The van der Waals surface area contributed by atoms with Gasteiger partial charge in [0.15, 0.2) is 0 Å². The summed E-state index contributed by atoms with van der Waals surface area (Å²) in [6.45, 7) is 0.818. The molecular formula is C20H20ClFN2O2S. The number of carbonyl (C=O) groups is 1. The molecule has 1 aliphatic rings. The number of hydrogen-bond donors (Lipinski definition) is 1. The minimum absolute atomic E-state index is 0. The number of methoxy groups -OCH3 is 1. The summed E-state index contributed by atoms with van der Waals surface area (Å²) < 4.78 is 20.4. The molecule has 0 aliphatic carbocycles. The highest BCUT2D eigenvalue weighted by Crippen LogP contribution is 2.37. The lowest BCUT2D eigenvalue weighted by molar-refractivity contribution is 0.0985. The summed E-state index contributed by atoms with van der Waals surface area (Å²) in [6.07, 6.45) is 1.71. The van der Waals surface area contributed by atoms with Crippen LogP contribution < -0.4 is 10.6 Å². The maximum Gasteiger partial charge on any atom is 0.268 e. The van der Waals surface area contributed by atoms with Crippen LogP contribution in [-0.4, -0.2) is 19.6 Å². The number of amides is 1. The standard InChI is InChI=1S/C20H19FN2O2S.ClH/c1-25-11-13-18-14(21)6-2-9-17(18)26-19(13)20(24)23-10-4-5-12-15(22)7-3-8-16(12)23;/h2-3,6-9H,4-5,10-11,22H2,1H3;1H. The van der Waals surface area contributed by atoms with Gasteiger partial charge in [-0.15, -0.1) is 23.7 Å². The zero-order chi connectivity index (χ0) is 18.3. The number of rotatable bonds is 3. The Labute approximate surface area is 167 Å². The summed E-state index contributed by atoms with van der Waals surface area (Å²) >= 11 is 1.32. The second-order valence-electron chi connectivity index (χ2n) is 6.36. The average molecular weight is 407 g/mol.